The van der Waals surface area contributed by atoms with Crippen LogP contribution in [0.4, 0.5) is 0 Å². The highest BCUT2D eigenvalue weighted by atomic mass is 16.2. The van der Waals surface area contributed by atoms with E-state index in [1.165, 1.54) is 0 Å². The summed E-state index contributed by atoms with van der Waals surface area (Å²) in [4.78, 5) is 48.3. The Kier molecular flexibility index (Phi) is 7.57. The molecule has 0 spiro atoms. The third-order valence-corrected chi connectivity index (χ3v) is 6.42. The van der Waals surface area contributed by atoms with Gasteiger partial charge in [0.15, 0.2) is 0 Å². The normalized spacial score (nSPS) is 22.2. The predicted octanol–water partition coefficient (Wildman–Crippen LogP) is 2.45. The van der Waals surface area contributed by atoms with Crippen molar-refractivity contribution in [1.82, 2.24) is 21.7 Å². The molecule has 2 aliphatic carbocycles. The Morgan fingerprint density at radius 3 is 1.35 bits per heavy atom. The number of unbranched alkanes of at least 4 members (excludes halogenated alkanes) is 1. The van der Waals surface area contributed by atoms with Crippen LogP contribution in [-0.4, -0.2) is 23.6 Å². The van der Waals surface area contributed by atoms with Gasteiger partial charge in [0.2, 0.25) is 23.6 Å². The molecule has 0 saturated heterocycles. The van der Waals surface area contributed by atoms with Crippen molar-refractivity contribution in [2.45, 2.75) is 50.4 Å². The first-order chi connectivity index (χ1) is 16.5. The number of carbonyl (C=O) groups is 4. The summed E-state index contributed by atoms with van der Waals surface area (Å²) in [7, 11) is 0. The molecule has 4 N–H and O–H groups in total. The molecule has 0 radical (unpaired) electrons. The van der Waals surface area contributed by atoms with E-state index in [2.05, 4.69) is 21.7 Å². The first kappa shape index (κ1) is 23.5. The molecule has 2 aliphatic rings. The van der Waals surface area contributed by atoms with Crippen molar-refractivity contribution in [3.63, 3.8) is 0 Å². The number of amides is 4. The molecule has 2 aromatic rings. The zero-order chi connectivity index (χ0) is 23.9. The molecule has 0 bridgehead atoms. The maximum atomic E-state index is 12.2. The van der Waals surface area contributed by atoms with Gasteiger partial charge in [0.05, 0.1) is 0 Å². The third kappa shape index (κ3) is 6.43. The molecule has 8 nitrogen and oxygen atoms in total. The number of carbonyl (C=O) groups excluding carboxylic acids is 4. The van der Waals surface area contributed by atoms with Gasteiger partial charge in [-0.3, -0.25) is 40.9 Å². The minimum Gasteiger partial charge on any atom is -0.273 e. The van der Waals surface area contributed by atoms with Crippen LogP contribution >= 0.6 is 0 Å². The molecule has 2 aromatic carbocycles. The zero-order valence-corrected chi connectivity index (χ0v) is 19.0. The number of rotatable bonds is 9. The minimum absolute atomic E-state index is 0.111. The van der Waals surface area contributed by atoms with Crippen molar-refractivity contribution in [2.24, 2.45) is 11.8 Å². The standard InChI is InChI=1S/C26H30N4O4/c31-23(27-29-25(33)21-15-19(21)17-9-3-1-4-10-17)13-7-8-14-24(32)28-30-26(34)22-16-20(22)18-11-5-2-6-12-18/h1-6,9-12,19-22H,7-8,13-16H2,(H,27,31)(H,28,32)(H,29,33)(H,30,34)/t19-,20-,21-,22+/m1/s1. The fraction of sp³-hybridized carbons (Fsp3) is 0.385. The fourth-order valence-corrected chi connectivity index (χ4v) is 4.25. The third-order valence-electron chi connectivity index (χ3n) is 6.42. The van der Waals surface area contributed by atoms with Crippen molar-refractivity contribution in [1.29, 1.82) is 0 Å². The Morgan fingerprint density at radius 1 is 0.588 bits per heavy atom. The average molecular weight is 463 g/mol. The average Bonchev–Trinajstić information content (AvgIpc) is 3.78. The second-order valence-corrected chi connectivity index (χ2v) is 9.00. The molecule has 8 heteroatoms. The highest BCUT2D eigenvalue weighted by Crippen LogP contribution is 2.48. The van der Waals surface area contributed by atoms with E-state index in [1.54, 1.807) is 0 Å². The van der Waals surface area contributed by atoms with E-state index in [4.69, 9.17) is 0 Å². The second kappa shape index (κ2) is 11.0. The van der Waals surface area contributed by atoms with Gasteiger partial charge in [-0.1, -0.05) is 60.7 Å². The Morgan fingerprint density at radius 2 is 0.971 bits per heavy atom. The molecule has 4 atom stereocenters. The Balaban J connectivity index is 1.03. The van der Waals surface area contributed by atoms with Gasteiger partial charge in [0.1, 0.15) is 0 Å². The maximum Gasteiger partial charge on any atom is 0.242 e. The van der Waals surface area contributed by atoms with Crippen LogP contribution in [0.5, 0.6) is 0 Å². The largest absolute Gasteiger partial charge is 0.273 e. The zero-order valence-electron chi connectivity index (χ0n) is 19.0. The van der Waals surface area contributed by atoms with E-state index in [-0.39, 0.29) is 60.1 Å². The number of hydrazine groups is 2. The van der Waals surface area contributed by atoms with Crippen molar-refractivity contribution < 1.29 is 19.2 Å². The smallest absolute Gasteiger partial charge is 0.242 e. The van der Waals surface area contributed by atoms with Gasteiger partial charge in [0.25, 0.3) is 0 Å². The number of nitrogens with one attached hydrogen (secondary N) is 4. The summed E-state index contributed by atoms with van der Waals surface area (Å²) in [6.45, 7) is 0. The van der Waals surface area contributed by atoms with E-state index in [0.717, 1.165) is 24.0 Å². The van der Waals surface area contributed by atoms with Crippen LogP contribution in [-0.2, 0) is 19.2 Å². The van der Waals surface area contributed by atoms with Gasteiger partial charge in [-0.15, -0.1) is 0 Å². The lowest BCUT2D eigenvalue weighted by Gasteiger charge is -2.08. The van der Waals surface area contributed by atoms with Gasteiger partial charge in [0, 0.05) is 24.7 Å². The Labute approximate surface area is 198 Å². The van der Waals surface area contributed by atoms with Crippen LogP contribution in [0.1, 0.15) is 61.5 Å². The fourth-order valence-electron chi connectivity index (χ4n) is 4.25. The molecule has 0 heterocycles. The molecule has 4 rings (SSSR count). The van der Waals surface area contributed by atoms with Crippen molar-refractivity contribution >= 4 is 23.6 Å². The summed E-state index contributed by atoms with van der Waals surface area (Å²) >= 11 is 0. The van der Waals surface area contributed by atoms with E-state index in [1.807, 2.05) is 60.7 Å². The Bertz CT molecular complexity index is 944. The summed E-state index contributed by atoms with van der Waals surface area (Å²) in [5.41, 5.74) is 12.1. The molecule has 2 fully saturated rings. The number of hydrogen-bond donors (Lipinski definition) is 4. The van der Waals surface area contributed by atoms with Crippen LogP contribution < -0.4 is 21.7 Å². The van der Waals surface area contributed by atoms with Crippen LogP contribution in [0, 0.1) is 11.8 Å². The van der Waals surface area contributed by atoms with E-state index < -0.39 is 0 Å². The van der Waals surface area contributed by atoms with Gasteiger partial charge < -0.3 is 0 Å². The van der Waals surface area contributed by atoms with Gasteiger partial charge in [-0.2, -0.15) is 0 Å². The molecular formula is C26H30N4O4. The van der Waals surface area contributed by atoms with Gasteiger partial charge in [-0.05, 0) is 48.6 Å². The lowest BCUT2D eigenvalue weighted by molar-refractivity contribution is -0.130. The number of benzene rings is 2. The van der Waals surface area contributed by atoms with Crippen LogP contribution in [0.3, 0.4) is 0 Å². The SMILES string of the molecule is O=C(CCCCC(=O)NNC(=O)[C@@H]1C[C@@H]1c1ccccc1)NNC(=O)[C@H]1C[C@@H]1c1ccccc1. The highest BCUT2D eigenvalue weighted by Gasteiger charge is 2.44. The number of hydrogen-bond acceptors (Lipinski definition) is 4. The highest BCUT2D eigenvalue weighted by molar-refractivity contribution is 5.86. The van der Waals surface area contributed by atoms with Crippen LogP contribution in [0.2, 0.25) is 0 Å². The topological polar surface area (TPSA) is 116 Å². The van der Waals surface area contributed by atoms with E-state index >= 15 is 0 Å². The lowest BCUT2D eigenvalue weighted by Crippen LogP contribution is -2.43. The van der Waals surface area contributed by atoms with Crippen molar-refractivity contribution in [3.8, 4) is 0 Å². The minimum atomic E-state index is -0.292. The molecule has 34 heavy (non-hydrogen) atoms. The van der Waals surface area contributed by atoms with Crippen molar-refractivity contribution in [3.05, 3.63) is 71.8 Å². The van der Waals surface area contributed by atoms with Gasteiger partial charge >= 0.3 is 0 Å². The molecular weight excluding hydrogens is 432 g/mol. The van der Waals surface area contributed by atoms with Crippen molar-refractivity contribution in [2.75, 3.05) is 0 Å². The first-order valence-corrected chi connectivity index (χ1v) is 11.8. The molecule has 0 aromatic heterocycles. The molecule has 178 valence electrons. The predicted molar refractivity (Wildman–Crippen MR) is 126 cm³/mol. The Hall–Kier alpha value is -3.68. The summed E-state index contributed by atoms with van der Waals surface area (Å²) < 4.78 is 0. The molecule has 2 saturated carbocycles. The maximum absolute atomic E-state index is 12.2. The quantitative estimate of drug-likeness (QED) is 0.338. The lowest BCUT2D eigenvalue weighted by atomic mass is 10.1. The van der Waals surface area contributed by atoms with E-state index in [9.17, 15) is 19.2 Å². The van der Waals surface area contributed by atoms with Gasteiger partial charge in [-0.25, -0.2) is 0 Å². The van der Waals surface area contributed by atoms with Crippen LogP contribution in [0.15, 0.2) is 60.7 Å². The molecule has 4 amide bonds. The summed E-state index contributed by atoms with van der Waals surface area (Å²) in [5.74, 6) is -0.743. The summed E-state index contributed by atoms with van der Waals surface area (Å²) in [6, 6.07) is 19.7. The molecule has 0 unspecified atom stereocenters. The monoisotopic (exact) mass is 462 g/mol. The summed E-state index contributed by atoms with van der Waals surface area (Å²) in [5, 5.41) is 0. The first-order valence-electron chi connectivity index (χ1n) is 11.8. The van der Waals surface area contributed by atoms with Crippen LogP contribution in [0.25, 0.3) is 0 Å². The van der Waals surface area contributed by atoms with E-state index in [0.29, 0.717) is 12.8 Å². The molecule has 0 aliphatic heterocycles. The second-order valence-electron chi connectivity index (χ2n) is 9.00. The summed E-state index contributed by atoms with van der Waals surface area (Å²) in [6.07, 6.45) is 2.97.